The van der Waals surface area contributed by atoms with Crippen molar-refractivity contribution < 1.29 is 167 Å². The molecule has 1 fully saturated rings. The topological polar surface area (TPSA) is 290 Å². The first kappa shape index (κ1) is 40.2. The second kappa shape index (κ2) is 16.5. The molecule has 4 N–H and O–H groups in total. The molecule has 2 aliphatic heterocycles. The summed E-state index contributed by atoms with van der Waals surface area (Å²) in [6, 6.07) is -1.67. The Morgan fingerprint density at radius 1 is 1.05 bits per heavy atom. The number of carbonyl (C=O) groups is 2. The van der Waals surface area contributed by atoms with Crippen LogP contribution in [0.3, 0.4) is 0 Å². The Bertz CT molecular complexity index is 1020. The standard InChI is InChI=1S/C14H21NO17S2.3Na/c1-4(16)15-8-9(18)11(7(29-13(8)21)3-28-33(22,23)24)31-14-10(32-34(25,26)27)5(17)2-6(30-14)12(19)20;;;/h2,5,7-11,13-14,17-18,21H,3H2,1H3,(H,15,16)(H,19,20)(H,22,23,24)(H,25,26,27);;;/q;3*+1/p-3. The zero-order chi connectivity index (χ0) is 26.0. The van der Waals surface area contributed by atoms with E-state index in [1.165, 1.54) is 0 Å². The van der Waals surface area contributed by atoms with Crippen LogP contribution in [0.1, 0.15) is 6.92 Å². The van der Waals surface area contributed by atoms with Gasteiger partial charge >= 0.3 is 88.7 Å². The van der Waals surface area contributed by atoms with Crippen molar-refractivity contribution in [2.45, 2.75) is 56.1 Å². The fourth-order valence-corrected chi connectivity index (χ4v) is 3.81. The van der Waals surface area contributed by atoms with Gasteiger partial charge in [0.15, 0.2) is 12.4 Å². The number of aliphatic hydroxyl groups is 3. The molecule has 23 heteroatoms. The molecule has 0 aromatic carbocycles. The van der Waals surface area contributed by atoms with Crippen molar-refractivity contribution in [1.29, 1.82) is 0 Å². The fourth-order valence-electron chi connectivity index (χ4n) is 3.04. The number of ether oxygens (including phenoxy) is 3. The van der Waals surface area contributed by atoms with E-state index in [2.05, 4.69) is 13.7 Å². The summed E-state index contributed by atoms with van der Waals surface area (Å²) >= 11 is 0. The molecular weight excluding hydrogens is 587 g/mol. The second-order valence-electron chi connectivity index (χ2n) is 6.84. The van der Waals surface area contributed by atoms with Crippen LogP contribution in [0.4, 0.5) is 0 Å². The van der Waals surface area contributed by atoms with Crippen molar-refractivity contribution in [3.63, 3.8) is 0 Å². The Labute approximate surface area is 276 Å². The maximum absolute atomic E-state index is 11.4. The molecule has 1 saturated heterocycles. The average Bonchev–Trinajstić information content (AvgIpc) is 2.66. The Morgan fingerprint density at radius 2 is 1.62 bits per heavy atom. The molecule has 0 aromatic heterocycles. The minimum absolute atomic E-state index is 0. The summed E-state index contributed by atoms with van der Waals surface area (Å²) in [5.41, 5.74) is 0. The maximum atomic E-state index is 11.4. The molecule has 8 atom stereocenters. The normalized spacial score (nSPS) is 31.8. The Morgan fingerprint density at radius 3 is 2.08 bits per heavy atom. The van der Waals surface area contributed by atoms with Crippen molar-refractivity contribution in [3.05, 3.63) is 11.8 Å². The third kappa shape index (κ3) is 12.6. The van der Waals surface area contributed by atoms with Gasteiger partial charge in [0.25, 0.3) is 0 Å². The van der Waals surface area contributed by atoms with Crippen molar-refractivity contribution >= 4 is 32.7 Å². The van der Waals surface area contributed by atoms with Crippen LogP contribution in [-0.2, 0) is 53.0 Å². The minimum Gasteiger partial charge on any atom is -0.726 e. The van der Waals surface area contributed by atoms with Crippen LogP contribution in [0.5, 0.6) is 0 Å². The number of carboxylic acid groups (broad SMARTS) is 1. The maximum Gasteiger partial charge on any atom is 1.00 e. The number of amides is 1. The van der Waals surface area contributed by atoms with E-state index in [4.69, 9.17) is 14.2 Å². The van der Waals surface area contributed by atoms with E-state index in [-0.39, 0.29) is 88.7 Å². The molecule has 0 spiro atoms. The van der Waals surface area contributed by atoms with Crippen LogP contribution in [-0.4, -0.2) is 109 Å². The van der Waals surface area contributed by atoms with Gasteiger partial charge in [0.2, 0.25) is 33.0 Å². The average molecular weight is 605 g/mol. The van der Waals surface area contributed by atoms with Crippen molar-refractivity contribution in [3.8, 4) is 0 Å². The SMILES string of the molecule is CC(=O)NC1C(O)OC(COS(=O)(=O)[O-])C(OC2OC(C(=O)[O-])=CC(O)C2OS(=O)(=O)[O-])C1O.[Na+].[Na+].[Na+]. The first-order valence-electron chi connectivity index (χ1n) is 8.95. The summed E-state index contributed by atoms with van der Waals surface area (Å²) in [7, 11) is -10.9. The number of aliphatic hydroxyl groups excluding tert-OH is 3. The van der Waals surface area contributed by atoms with Gasteiger partial charge < -0.3 is 53.9 Å². The summed E-state index contributed by atoms with van der Waals surface area (Å²) in [5.74, 6) is -3.94. The van der Waals surface area contributed by atoms with Gasteiger partial charge in [-0.15, -0.1) is 0 Å². The molecule has 2 rings (SSSR count). The molecule has 2 aliphatic rings. The molecule has 1 amide bonds. The number of rotatable bonds is 9. The Kier molecular flexibility index (Phi) is 17.9. The van der Waals surface area contributed by atoms with Crippen molar-refractivity contribution in [2.75, 3.05) is 6.61 Å². The molecule has 0 aromatic rings. The van der Waals surface area contributed by atoms with Gasteiger partial charge in [-0.25, -0.2) is 16.8 Å². The van der Waals surface area contributed by atoms with Crippen LogP contribution in [0, 0.1) is 0 Å². The molecule has 18 nitrogen and oxygen atoms in total. The predicted molar refractivity (Wildman–Crippen MR) is 93.6 cm³/mol. The first-order chi connectivity index (χ1) is 15.5. The number of carbonyl (C=O) groups excluding carboxylic acids is 2. The summed E-state index contributed by atoms with van der Waals surface area (Å²) in [6.07, 6.45) is -14.3. The summed E-state index contributed by atoms with van der Waals surface area (Å²) in [6.45, 7) is -0.226. The van der Waals surface area contributed by atoms with E-state index in [1.54, 1.807) is 0 Å². The first-order valence-corrected chi connectivity index (χ1v) is 11.6. The van der Waals surface area contributed by atoms with E-state index >= 15 is 0 Å². The third-order valence-corrected chi connectivity index (χ3v) is 5.21. The van der Waals surface area contributed by atoms with E-state index in [0.29, 0.717) is 6.08 Å². The molecular formula is C14H18NNa3O17S2. The summed E-state index contributed by atoms with van der Waals surface area (Å²) in [4.78, 5) is 22.5. The summed E-state index contributed by atoms with van der Waals surface area (Å²) < 4.78 is 88.7. The van der Waals surface area contributed by atoms with Crippen LogP contribution < -0.4 is 99.1 Å². The quantitative estimate of drug-likeness (QED) is 0.108. The fraction of sp³-hybridized carbons (Fsp3) is 0.714. The van der Waals surface area contributed by atoms with Crippen LogP contribution in [0.15, 0.2) is 11.8 Å². The number of hydrogen-bond donors (Lipinski definition) is 4. The molecule has 37 heavy (non-hydrogen) atoms. The monoisotopic (exact) mass is 605 g/mol. The van der Waals surface area contributed by atoms with Gasteiger partial charge in [-0.2, -0.15) is 0 Å². The van der Waals surface area contributed by atoms with Crippen molar-refractivity contribution in [2.24, 2.45) is 0 Å². The molecule has 0 aliphatic carbocycles. The number of carboxylic acids is 1. The van der Waals surface area contributed by atoms with Gasteiger partial charge in [-0.3, -0.25) is 13.2 Å². The largest absolute Gasteiger partial charge is 1.00 e. The number of nitrogens with one attached hydrogen (secondary N) is 1. The van der Waals surface area contributed by atoms with Gasteiger partial charge in [-0.05, 0) is 6.08 Å². The molecule has 8 unspecified atom stereocenters. The van der Waals surface area contributed by atoms with Gasteiger partial charge in [-0.1, -0.05) is 0 Å². The zero-order valence-corrected chi connectivity index (χ0v) is 27.4. The molecule has 196 valence electrons. The second-order valence-corrected chi connectivity index (χ2v) is 8.90. The molecule has 2 heterocycles. The third-order valence-electron chi connectivity index (χ3n) is 4.33. The van der Waals surface area contributed by atoms with Crippen LogP contribution in [0.2, 0.25) is 0 Å². The number of aliphatic carboxylic acids is 1. The Balaban J connectivity index is 0. The van der Waals surface area contributed by atoms with Crippen LogP contribution >= 0.6 is 0 Å². The molecule has 0 radical (unpaired) electrons. The van der Waals surface area contributed by atoms with E-state index in [1.807, 2.05) is 0 Å². The minimum atomic E-state index is -5.56. The number of hydrogen-bond acceptors (Lipinski definition) is 17. The molecule has 0 saturated carbocycles. The van der Waals surface area contributed by atoms with Gasteiger partial charge in [0, 0.05) is 6.92 Å². The van der Waals surface area contributed by atoms with E-state index in [0.717, 1.165) is 6.92 Å². The zero-order valence-electron chi connectivity index (χ0n) is 19.8. The predicted octanol–water partition coefficient (Wildman–Crippen LogP) is -15.4. The van der Waals surface area contributed by atoms with Gasteiger partial charge in [0.1, 0.15) is 42.2 Å². The van der Waals surface area contributed by atoms with Crippen LogP contribution in [0.25, 0.3) is 0 Å². The van der Waals surface area contributed by atoms with Gasteiger partial charge in [0.05, 0.1) is 6.61 Å². The Hall–Kier alpha value is 1.02. The smallest absolute Gasteiger partial charge is 0.726 e. The summed E-state index contributed by atoms with van der Waals surface area (Å²) in [5, 5.41) is 43.8. The molecule has 0 bridgehead atoms. The van der Waals surface area contributed by atoms with E-state index in [9.17, 15) is 56.0 Å². The van der Waals surface area contributed by atoms with E-state index < -0.39 is 94.2 Å². The van der Waals surface area contributed by atoms with Crippen molar-refractivity contribution in [1.82, 2.24) is 5.32 Å².